The molecule has 6 aromatic rings. The van der Waals surface area contributed by atoms with Crippen LogP contribution in [0.15, 0.2) is 86.8 Å². The van der Waals surface area contributed by atoms with Crippen molar-refractivity contribution in [3.05, 3.63) is 121 Å². The number of benzene rings is 4. The third kappa shape index (κ3) is 10.9. The van der Waals surface area contributed by atoms with Crippen molar-refractivity contribution in [2.45, 2.75) is 91.1 Å². The van der Waals surface area contributed by atoms with Crippen molar-refractivity contribution in [1.82, 2.24) is 29.1 Å². The number of hydrogen-bond donors (Lipinski definition) is 6. The summed E-state index contributed by atoms with van der Waals surface area (Å²) >= 11 is 5.63. The average Bonchev–Trinajstić information content (AvgIpc) is 3.63. The van der Waals surface area contributed by atoms with Gasteiger partial charge in [0, 0.05) is 25.2 Å². The van der Waals surface area contributed by atoms with E-state index in [0.29, 0.717) is 43.9 Å². The smallest absolute Gasteiger partial charge is 0.425 e. The minimum absolute atomic E-state index is 0. The Hall–Kier alpha value is -5.62. The number of nitrogens with two attached hydrogens (primary N) is 2. The number of phenols is 3. The molecular weight excluding hydrogens is 809 g/mol. The molecule has 2 saturated heterocycles. The second-order valence-electron chi connectivity index (χ2n) is 16.3. The Labute approximate surface area is 366 Å². The molecule has 0 aliphatic carbocycles. The minimum atomic E-state index is -0.553. The number of rotatable bonds is 9. The number of nitrogens with zero attached hydrogens (tertiary/aromatic N) is 5. The number of piperidine rings is 2. The van der Waals surface area contributed by atoms with E-state index in [9.17, 15) is 24.9 Å². The highest BCUT2D eigenvalue weighted by Crippen LogP contribution is 2.37. The fourth-order valence-electron chi connectivity index (χ4n) is 8.07. The van der Waals surface area contributed by atoms with E-state index in [4.69, 9.17) is 16.6 Å². The van der Waals surface area contributed by atoms with Crippen molar-refractivity contribution in [3.63, 3.8) is 0 Å². The van der Waals surface area contributed by atoms with Gasteiger partial charge in [0.15, 0.2) is 5.82 Å². The Kier molecular flexibility index (Phi) is 16.4. The standard InChI is InChI=1S/C23H28N4O3.C23H26N2O3S.H4N2.H2O/c1-15(2)18-12-19(21(29)13-20(18)28)22-24-25-23(30)27(22)17-8-6-16(7-9-17)14-26-10-4-3-5-11-26;1-15(2)18-12-19-21(13-20(18)26)28-23(27)25(22(19)29)17-8-6-16(7-9-17)14-24-10-4-3-5-11-24;1-2;/h6-9,12-13,15,28-29H,3-5,10-11,14H2,1-2H3,(H,25,30);6-9,12-13,15,26H,3-5,10-11,14H2,1-2H3;1-2H2;1H2. The summed E-state index contributed by atoms with van der Waals surface area (Å²) in [4.78, 5) is 30.1. The Balaban J connectivity index is 0.000000222. The molecule has 0 amide bonds. The summed E-state index contributed by atoms with van der Waals surface area (Å²) in [6, 6.07) is 22.1. The van der Waals surface area contributed by atoms with E-state index < -0.39 is 5.76 Å². The van der Waals surface area contributed by atoms with E-state index >= 15 is 0 Å². The summed E-state index contributed by atoms with van der Waals surface area (Å²) in [6.45, 7) is 14.3. The summed E-state index contributed by atoms with van der Waals surface area (Å²) in [6.07, 6.45) is 7.66. The number of nitrogens with one attached hydrogen (secondary N) is 1. The zero-order valence-electron chi connectivity index (χ0n) is 35.9. The zero-order chi connectivity index (χ0) is 43.8. The first-order chi connectivity index (χ1) is 29.4. The molecule has 62 heavy (non-hydrogen) atoms. The van der Waals surface area contributed by atoms with E-state index in [2.05, 4.69) is 31.7 Å². The lowest BCUT2D eigenvalue weighted by Gasteiger charge is -2.26. The van der Waals surface area contributed by atoms with Gasteiger partial charge in [-0.3, -0.25) is 21.5 Å². The lowest BCUT2D eigenvalue weighted by molar-refractivity contribution is 0.221. The quantitative estimate of drug-likeness (QED) is 0.0496. The predicted octanol–water partition coefficient (Wildman–Crippen LogP) is 6.87. The van der Waals surface area contributed by atoms with Crippen molar-refractivity contribution in [2.24, 2.45) is 11.7 Å². The Morgan fingerprint density at radius 2 is 1.15 bits per heavy atom. The third-order valence-corrected chi connectivity index (χ3v) is 11.7. The van der Waals surface area contributed by atoms with Crippen molar-refractivity contribution >= 4 is 23.2 Å². The average molecular weight is 869 g/mol. The predicted molar refractivity (Wildman–Crippen MR) is 246 cm³/mol. The first kappa shape index (κ1) is 47.4. The van der Waals surface area contributed by atoms with Crippen molar-refractivity contribution in [1.29, 1.82) is 0 Å². The van der Waals surface area contributed by atoms with Crippen LogP contribution < -0.4 is 23.1 Å². The number of aromatic nitrogens is 4. The molecule has 2 aliphatic rings. The molecule has 4 aromatic carbocycles. The van der Waals surface area contributed by atoms with Gasteiger partial charge in [0.1, 0.15) is 27.5 Å². The third-order valence-electron chi connectivity index (χ3n) is 11.3. The molecule has 0 saturated carbocycles. The molecular formula is C46H60N8O7S. The molecule has 10 N–H and O–H groups in total. The molecule has 0 unspecified atom stereocenters. The number of aromatic hydroxyl groups is 3. The van der Waals surface area contributed by atoms with E-state index in [1.807, 2.05) is 82.3 Å². The van der Waals surface area contributed by atoms with Gasteiger partial charge in [0.2, 0.25) is 0 Å². The number of fused-ring (bicyclic) bond motifs is 1. The number of phenolic OH excluding ortho intramolecular Hbond substituents is 3. The normalized spacial score (nSPS) is 14.5. The van der Waals surface area contributed by atoms with Crippen LogP contribution in [-0.2, 0) is 13.1 Å². The van der Waals surface area contributed by atoms with Crippen LogP contribution in [0.5, 0.6) is 17.2 Å². The second-order valence-corrected chi connectivity index (χ2v) is 16.7. The molecule has 8 rings (SSSR count). The number of H-pyrrole nitrogens is 1. The molecule has 2 aromatic heterocycles. The van der Waals surface area contributed by atoms with Gasteiger partial charge in [-0.2, -0.15) is 5.10 Å². The number of hydrazine groups is 1. The van der Waals surface area contributed by atoms with Crippen molar-refractivity contribution in [2.75, 3.05) is 26.2 Å². The lowest BCUT2D eigenvalue weighted by Crippen LogP contribution is -2.29. The van der Waals surface area contributed by atoms with Crippen LogP contribution in [0, 0.1) is 4.64 Å². The molecule has 16 heteroatoms. The highest BCUT2D eigenvalue weighted by atomic mass is 32.1. The summed E-state index contributed by atoms with van der Waals surface area (Å²) in [5.74, 6) is 7.95. The van der Waals surface area contributed by atoms with Gasteiger partial charge in [0.25, 0.3) is 0 Å². The highest BCUT2D eigenvalue weighted by molar-refractivity contribution is 7.71. The van der Waals surface area contributed by atoms with E-state index in [1.54, 1.807) is 6.07 Å². The van der Waals surface area contributed by atoms with Crippen LogP contribution in [-0.4, -0.2) is 76.1 Å². The maximum absolute atomic E-state index is 12.6. The lowest BCUT2D eigenvalue weighted by atomic mass is 9.98. The van der Waals surface area contributed by atoms with Crippen LogP contribution in [0.2, 0.25) is 0 Å². The molecule has 0 radical (unpaired) electrons. The van der Waals surface area contributed by atoms with Crippen LogP contribution in [0.1, 0.15) is 100 Å². The van der Waals surface area contributed by atoms with E-state index in [1.165, 1.54) is 70.9 Å². The molecule has 2 fully saturated rings. The van der Waals surface area contributed by atoms with E-state index in [0.717, 1.165) is 44.8 Å². The largest absolute Gasteiger partial charge is 0.508 e. The fraction of sp³-hybridized carbons (Fsp3) is 0.391. The van der Waals surface area contributed by atoms with Crippen LogP contribution >= 0.6 is 12.2 Å². The van der Waals surface area contributed by atoms with Gasteiger partial charge in [-0.15, -0.1) is 0 Å². The molecule has 4 heterocycles. The first-order valence-corrected chi connectivity index (χ1v) is 21.4. The van der Waals surface area contributed by atoms with E-state index in [-0.39, 0.29) is 40.3 Å². The van der Waals surface area contributed by atoms with Crippen LogP contribution in [0.3, 0.4) is 0 Å². The Morgan fingerprint density at radius 1 is 0.677 bits per heavy atom. The second kappa shape index (κ2) is 21.4. The van der Waals surface area contributed by atoms with Gasteiger partial charge in [0.05, 0.1) is 22.3 Å². The van der Waals surface area contributed by atoms with Gasteiger partial charge in [-0.25, -0.2) is 23.8 Å². The molecule has 15 nitrogen and oxygen atoms in total. The maximum Gasteiger partial charge on any atom is 0.425 e. The van der Waals surface area contributed by atoms with Crippen molar-refractivity contribution < 1.29 is 25.2 Å². The van der Waals surface area contributed by atoms with Crippen LogP contribution in [0.25, 0.3) is 33.7 Å². The molecule has 0 spiro atoms. The van der Waals surface area contributed by atoms with Crippen LogP contribution in [0.4, 0.5) is 0 Å². The zero-order valence-corrected chi connectivity index (χ0v) is 36.8. The monoisotopic (exact) mass is 868 g/mol. The molecule has 332 valence electrons. The topological polar surface area (TPSA) is 237 Å². The molecule has 0 atom stereocenters. The van der Waals surface area contributed by atoms with Gasteiger partial charge < -0.3 is 25.2 Å². The van der Waals surface area contributed by atoms with Crippen molar-refractivity contribution in [3.8, 4) is 40.0 Å². The summed E-state index contributed by atoms with van der Waals surface area (Å²) in [5, 5.41) is 38.0. The number of likely N-dealkylation sites (tertiary alicyclic amines) is 2. The van der Waals surface area contributed by atoms with Gasteiger partial charge in [-0.1, -0.05) is 77.0 Å². The minimum Gasteiger partial charge on any atom is -0.508 e. The SMILES string of the molecule is CC(C)c1cc(-c2n[nH]c(=O)n2-c2ccc(CN3CCCCC3)cc2)c(O)cc1O.CC(C)c1cc2c(=S)n(-c3ccc(CN4CCCCC4)cc3)c(=O)oc2cc1O.NN.O. The van der Waals surface area contributed by atoms with Gasteiger partial charge in [-0.05, 0) is 122 Å². The summed E-state index contributed by atoms with van der Waals surface area (Å²) < 4.78 is 8.72. The molecule has 2 aliphatic heterocycles. The molecule has 0 bridgehead atoms. The fourth-order valence-corrected chi connectivity index (χ4v) is 8.41. The summed E-state index contributed by atoms with van der Waals surface area (Å²) in [5.41, 5.74) is 5.56. The number of aromatic amines is 1. The maximum atomic E-state index is 12.6. The van der Waals surface area contributed by atoms with Gasteiger partial charge >= 0.3 is 11.4 Å². The summed E-state index contributed by atoms with van der Waals surface area (Å²) in [7, 11) is 0. The Morgan fingerprint density at radius 3 is 1.65 bits per heavy atom. The highest BCUT2D eigenvalue weighted by Gasteiger charge is 2.20. The number of hydrogen-bond acceptors (Lipinski definition) is 12. The first-order valence-electron chi connectivity index (χ1n) is 21.0. The Bertz CT molecular complexity index is 2590.